The van der Waals surface area contributed by atoms with E-state index in [2.05, 4.69) is 15.5 Å². The molecule has 2 heterocycles. The number of hydrazone groups is 1. The zero-order valence-electron chi connectivity index (χ0n) is 14.0. The van der Waals surface area contributed by atoms with Crippen molar-refractivity contribution in [2.75, 3.05) is 6.61 Å². The number of halogens is 1. The topological polar surface area (TPSA) is 72.8 Å². The maximum Gasteiger partial charge on any atom is 0.284 e. The Bertz CT molecular complexity index is 988. The van der Waals surface area contributed by atoms with Gasteiger partial charge in [-0.3, -0.25) is 4.79 Å². The van der Waals surface area contributed by atoms with E-state index in [1.165, 1.54) is 17.6 Å². The Hall–Kier alpha value is -2.90. The summed E-state index contributed by atoms with van der Waals surface area (Å²) >= 11 is 7.38. The fourth-order valence-corrected chi connectivity index (χ4v) is 3.36. The standard InChI is InChI=1S/C19H14ClN3O3S/c20-13-7-5-12(6-8-13)19-22-14(11-27-19)9-21-23-18(24)17-10-25-15-3-1-2-4-16(15)26-17/h1-9,11,17H,10H2,(H,23,24)/b21-9-/t17-/m0/s1. The normalized spacial score (nSPS) is 15.7. The van der Waals surface area contributed by atoms with Gasteiger partial charge in [-0.2, -0.15) is 5.10 Å². The van der Waals surface area contributed by atoms with Gasteiger partial charge >= 0.3 is 0 Å². The van der Waals surface area contributed by atoms with Crippen LogP contribution >= 0.6 is 22.9 Å². The Morgan fingerprint density at radius 2 is 2.00 bits per heavy atom. The number of ether oxygens (including phenoxy) is 2. The molecule has 4 rings (SSSR count). The van der Waals surface area contributed by atoms with Gasteiger partial charge < -0.3 is 9.47 Å². The van der Waals surface area contributed by atoms with Crippen molar-refractivity contribution in [3.05, 3.63) is 64.6 Å². The molecule has 3 aromatic rings. The predicted octanol–water partition coefficient (Wildman–Crippen LogP) is 3.75. The van der Waals surface area contributed by atoms with Crippen LogP contribution in [-0.4, -0.2) is 29.8 Å². The van der Waals surface area contributed by atoms with Gasteiger partial charge in [-0.1, -0.05) is 35.9 Å². The van der Waals surface area contributed by atoms with E-state index < -0.39 is 6.10 Å². The molecule has 8 heteroatoms. The van der Waals surface area contributed by atoms with Crippen LogP contribution in [0.15, 0.2) is 59.0 Å². The summed E-state index contributed by atoms with van der Waals surface area (Å²) in [5.74, 6) is 0.788. The highest BCUT2D eigenvalue weighted by molar-refractivity contribution is 7.13. The van der Waals surface area contributed by atoms with Crippen molar-refractivity contribution < 1.29 is 14.3 Å². The molecule has 0 bridgehead atoms. The summed E-state index contributed by atoms with van der Waals surface area (Å²) in [5.41, 5.74) is 4.08. The molecule has 0 unspecified atom stereocenters. The van der Waals surface area contributed by atoms with E-state index in [1.807, 2.05) is 41.8 Å². The van der Waals surface area contributed by atoms with Gasteiger partial charge in [0.25, 0.3) is 5.91 Å². The quantitative estimate of drug-likeness (QED) is 0.535. The molecule has 1 aliphatic heterocycles. The van der Waals surface area contributed by atoms with E-state index >= 15 is 0 Å². The van der Waals surface area contributed by atoms with Crippen LogP contribution in [0.3, 0.4) is 0 Å². The van der Waals surface area contributed by atoms with Crippen molar-refractivity contribution in [1.82, 2.24) is 10.4 Å². The fraction of sp³-hybridized carbons (Fsp3) is 0.105. The smallest absolute Gasteiger partial charge is 0.284 e. The zero-order chi connectivity index (χ0) is 18.6. The van der Waals surface area contributed by atoms with Gasteiger partial charge in [0.15, 0.2) is 11.5 Å². The molecule has 0 aliphatic carbocycles. The molecule has 0 saturated heterocycles. The number of nitrogens with zero attached hydrogens (tertiary/aromatic N) is 2. The lowest BCUT2D eigenvalue weighted by molar-refractivity contribution is -0.130. The minimum absolute atomic E-state index is 0.135. The second-order valence-electron chi connectivity index (χ2n) is 5.68. The van der Waals surface area contributed by atoms with Gasteiger partial charge in [-0.05, 0) is 24.3 Å². The van der Waals surface area contributed by atoms with Crippen LogP contribution < -0.4 is 14.9 Å². The number of hydrogen-bond acceptors (Lipinski definition) is 6. The fourth-order valence-electron chi connectivity index (χ4n) is 2.45. The summed E-state index contributed by atoms with van der Waals surface area (Å²) in [4.78, 5) is 16.7. The van der Waals surface area contributed by atoms with Gasteiger partial charge in [0.05, 0.1) is 11.9 Å². The largest absolute Gasteiger partial charge is 0.485 e. The molecule has 1 aromatic heterocycles. The van der Waals surface area contributed by atoms with Gasteiger partial charge in [0.1, 0.15) is 11.6 Å². The highest BCUT2D eigenvalue weighted by Crippen LogP contribution is 2.30. The van der Waals surface area contributed by atoms with Crippen molar-refractivity contribution in [3.8, 4) is 22.1 Å². The minimum Gasteiger partial charge on any atom is -0.485 e. The summed E-state index contributed by atoms with van der Waals surface area (Å²) in [7, 11) is 0. The Morgan fingerprint density at radius 1 is 1.22 bits per heavy atom. The number of fused-ring (bicyclic) bond motifs is 1. The number of thiazole rings is 1. The molecule has 6 nitrogen and oxygen atoms in total. The van der Waals surface area contributed by atoms with Crippen molar-refractivity contribution in [2.24, 2.45) is 5.10 Å². The number of carbonyl (C=O) groups excluding carboxylic acids is 1. The summed E-state index contributed by atoms with van der Waals surface area (Å²) in [6.45, 7) is 0.135. The minimum atomic E-state index is -0.753. The third-order valence-corrected chi connectivity index (χ3v) is 4.95. The summed E-state index contributed by atoms with van der Waals surface area (Å²) < 4.78 is 11.2. The Labute approximate surface area is 164 Å². The molecule has 0 spiro atoms. The van der Waals surface area contributed by atoms with Crippen molar-refractivity contribution in [1.29, 1.82) is 0 Å². The molecular weight excluding hydrogens is 386 g/mol. The second-order valence-corrected chi connectivity index (χ2v) is 6.98. The van der Waals surface area contributed by atoms with Crippen LogP contribution in [-0.2, 0) is 4.79 Å². The Balaban J connectivity index is 1.36. The first-order chi connectivity index (χ1) is 13.2. The van der Waals surface area contributed by atoms with Crippen molar-refractivity contribution in [2.45, 2.75) is 6.10 Å². The van der Waals surface area contributed by atoms with Crippen LogP contribution in [0.4, 0.5) is 0 Å². The van der Waals surface area contributed by atoms with Gasteiger partial charge in [0.2, 0.25) is 6.10 Å². The summed E-state index contributed by atoms with van der Waals surface area (Å²) in [6, 6.07) is 14.7. The van der Waals surface area contributed by atoms with Crippen LogP contribution in [0.1, 0.15) is 5.69 Å². The average molecular weight is 400 g/mol. The number of benzene rings is 2. The van der Waals surface area contributed by atoms with E-state index in [-0.39, 0.29) is 12.5 Å². The first kappa shape index (κ1) is 17.5. The lowest BCUT2D eigenvalue weighted by Gasteiger charge is -2.24. The van der Waals surface area contributed by atoms with Crippen LogP contribution in [0.2, 0.25) is 5.02 Å². The number of amides is 1. The number of para-hydroxylation sites is 2. The van der Waals surface area contributed by atoms with Gasteiger partial charge in [-0.15, -0.1) is 11.3 Å². The monoisotopic (exact) mass is 399 g/mol. The second kappa shape index (κ2) is 7.77. The molecule has 1 aliphatic rings. The molecule has 1 N–H and O–H groups in total. The number of nitrogens with one attached hydrogen (secondary N) is 1. The third-order valence-electron chi connectivity index (χ3n) is 3.79. The molecule has 1 atom stereocenters. The molecule has 2 aromatic carbocycles. The van der Waals surface area contributed by atoms with E-state index in [0.717, 1.165) is 10.6 Å². The van der Waals surface area contributed by atoms with E-state index in [9.17, 15) is 4.79 Å². The van der Waals surface area contributed by atoms with Crippen LogP contribution in [0.5, 0.6) is 11.5 Å². The number of carbonyl (C=O) groups is 1. The van der Waals surface area contributed by atoms with Crippen LogP contribution in [0.25, 0.3) is 10.6 Å². The number of hydrogen-bond donors (Lipinski definition) is 1. The lowest BCUT2D eigenvalue weighted by atomic mass is 10.2. The van der Waals surface area contributed by atoms with Gasteiger partial charge in [-0.25, -0.2) is 10.4 Å². The third kappa shape index (κ3) is 4.10. The first-order valence-corrected chi connectivity index (χ1v) is 9.38. The van der Waals surface area contributed by atoms with Gasteiger partial charge in [0, 0.05) is 16.0 Å². The molecule has 27 heavy (non-hydrogen) atoms. The Morgan fingerprint density at radius 3 is 2.81 bits per heavy atom. The van der Waals surface area contributed by atoms with E-state index in [0.29, 0.717) is 22.2 Å². The van der Waals surface area contributed by atoms with E-state index in [1.54, 1.807) is 12.1 Å². The molecule has 136 valence electrons. The summed E-state index contributed by atoms with van der Waals surface area (Å²) in [6.07, 6.45) is 0.739. The molecule has 1 amide bonds. The molecular formula is C19H14ClN3O3S. The Kier molecular flexibility index (Phi) is 5.04. The predicted molar refractivity (Wildman–Crippen MR) is 105 cm³/mol. The summed E-state index contributed by atoms with van der Waals surface area (Å²) in [5, 5.41) is 7.34. The maximum absolute atomic E-state index is 12.2. The van der Waals surface area contributed by atoms with E-state index in [4.69, 9.17) is 21.1 Å². The molecule has 0 saturated carbocycles. The average Bonchev–Trinajstić information content (AvgIpc) is 3.17. The lowest BCUT2D eigenvalue weighted by Crippen LogP contribution is -2.42. The zero-order valence-corrected chi connectivity index (χ0v) is 15.5. The SMILES string of the molecule is O=C(N/N=C\c1csc(-c2ccc(Cl)cc2)n1)[C@@H]1COc2ccccc2O1. The number of rotatable bonds is 4. The van der Waals surface area contributed by atoms with Crippen molar-refractivity contribution >= 4 is 35.1 Å². The van der Waals surface area contributed by atoms with Crippen LogP contribution in [0, 0.1) is 0 Å². The number of aromatic nitrogens is 1. The highest BCUT2D eigenvalue weighted by Gasteiger charge is 2.26. The van der Waals surface area contributed by atoms with Crippen molar-refractivity contribution in [3.63, 3.8) is 0 Å². The highest BCUT2D eigenvalue weighted by atomic mass is 35.5. The maximum atomic E-state index is 12.2. The molecule has 0 radical (unpaired) electrons. The first-order valence-electron chi connectivity index (χ1n) is 8.12. The molecule has 0 fully saturated rings.